The molecule has 0 saturated carbocycles. The maximum absolute atomic E-state index is 13.2. The fourth-order valence-electron chi connectivity index (χ4n) is 3.76. The van der Waals surface area contributed by atoms with E-state index in [1.807, 2.05) is 0 Å². The maximum atomic E-state index is 13.2. The molecule has 1 saturated heterocycles. The SMILES string of the molecule is COc1ccc(S(=O)(=O)N2CCC(C)CC2)cc1C(=O)Nc1ccc(S(=O)(=O)Nc2nccs2)cc1. The average Bonchev–Trinajstić information content (AvgIpc) is 3.36. The van der Waals surface area contributed by atoms with Gasteiger partial charge in [0.1, 0.15) is 5.75 Å². The summed E-state index contributed by atoms with van der Waals surface area (Å²) in [7, 11) is -6.21. The molecule has 10 nitrogen and oxygen atoms in total. The zero-order chi connectivity index (χ0) is 25.9. The molecule has 1 aliphatic heterocycles. The van der Waals surface area contributed by atoms with Crippen molar-refractivity contribution >= 4 is 48.1 Å². The van der Waals surface area contributed by atoms with Crippen molar-refractivity contribution in [1.82, 2.24) is 9.29 Å². The van der Waals surface area contributed by atoms with Gasteiger partial charge >= 0.3 is 0 Å². The number of ether oxygens (including phenoxy) is 1. The summed E-state index contributed by atoms with van der Waals surface area (Å²) >= 11 is 1.15. The fraction of sp³-hybridized carbons (Fsp3) is 0.304. The van der Waals surface area contributed by atoms with Gasteiger partial charge in [-0.2, -0.15) is 4.31 Å². The molecule has 0 unspecified atom stereocenters. The number of thiazole rings is 1. The lowest BCUT2D eigenvalue weighted by Gasteiger charge is -2.29. The highest BCUT2D eigenvalue weighted by molar-refractivity contribution is 7.93. The van der Waals surface area contributed by atoms with Crippen LogP contribution in [0.5, 0.6) is 5.75 Å². The van der Waals surface area contributed by atoms with Gasteiger partial charge in [0.25, 0.3) is 15.9 Å². The van der Waals surface area contributed by atoms with Gasteiger partial charge < -0.3 is 10.1 Å². The summed E-state index contributed by atoms with van der Waals surface area (Å²) in [5.41, 5.74) is 0.375. The summed E-state index contributed by atoms with van der Waals surface area (Å²) in [6, 6.07) is 9.76. The summed E-state index contributed by atoms with van der Waals surface area (Å²) in [5, 5.41) is 4.56. The van der Waals surface area contributed by atoms with Gasteiger partial charge in [0.05, 0.1) is 22.5 Å². The van der Waals surface area contributed by atoms with Crippen LogP contribution in [0, 0.1) is 5.92 Å². The van der Waals surface area contributed by atoms with E-state index in [2.05, 4.69) is 21.9 Å². The maximum Gasteiger partial charge on any atom is 0.263 e. The number of amides is 1. The van der Waals surface area contributed by atoms with Crippen LogP contribution >= 0.6 is 11.3 Å². The molecule has 1 aromatic heterocycles. The summed E-state index contributed by atoms with van der Waals surface area (Å²) in [6.07, 6.45) is 3.06. The van der Waals surface area contributed by atoms with Crippen molar-refractivity contribution < 1.29 is 26.4 Å². The molecule has 2 heterocycles. The number of aromatic nitrogens is 1. The predicted molar refractivity (Wildman–Crippen MR) is 137 cm³/mol. The van der Waals surface area contributed by atoms with Crippen molar-refractivity contribution in [3.8, 4) is 5.75 Å². The number of nitrogens with one attached hydrogen (secondary N) is 2. The first-order valence-corrected chi connectivity index (χ1v) is 14.9. The normalized spacial score (nSPS) is 15.4. The Balaban J connectivity index is 1.53. The number of nitrogens with zero attached hydrogens (tertiary/aromatic N) is 2. The van der Waals surface area contributed by atoms with Crippen LogP contribution in [0.3, 0.4) is 0 Å². The average molecular weight is 551 g/mol. The van der Waals surface area contributed by atoms with Crippen molar-refractivity contribution in [2.24, 2.45) is 5.92 Å². The van der Waals surface area contributed by atoms with Crippen LogP contribution in [0.1, 0.15) is 30.1 Å². The first kappa shape index (κ1) is 26.1. The zero-order valence-corrected chi connectivity index (χ0v) is 22.1. The lowest BCUT2D eigenvalue weighted by molar-refractivity contribution is 0.102. The number of methoxy groups -OCH3 is 1. The topological polar surface area (TPSA) is 135 Å². The third-order valence-corrected chi connectivity index (χ3v) is 9.94. The summed E-state index contributed by atoms with van der Waals surface area (Å²) in [6.45, 7) is 2.96. The quantitative estimate of drug-likeness (QED) is 0.437. The Bertz CT molecular complexity index is 1430. The highest BCUT2D eigenvalue weighted by Crippen LogP contribution is 2.28. The molecule has 1 fully saturated rings. The van der Waals surface area contributed by atoms with Crippen LogP contribution < -0.4 is 14.8 Å². The minimum Gasteiger partial charge on any atom is -0.496 e. The van der Waals surface area contributed by atoms with Crippen LogP contribution in [0.25, 0.3) is 0 Å². The summed E-state index contributed by atoms with van der Waals surface area (Å²) in [4.78, 5) is 17.0. The Morgan fingerprint density at radius 1 is 1.06 bits per heavy atom. The number of rotatable bonds is 8. The molecular formula is C23H26N4O6S3. The number of sulfonamides is 2. The van der Waals surface area contributed by atoms with Gasteiger partial charge in [-0.25, -0.2) is 21.8 Å². The minimum atomic E-state index is -3.83. The van der Waals surface area contributed by atoms with Crippen LogP contribution in [0.15, 0.2) is 63.8 Å². The van der Waals surface area contributed by atoms with Gasteiger partial charge in [0.15, 0.2) is 5.13 Å². The van der Waals surface area contributed by atoms with Crippen LogP contribution in [-0.2, 0) is 20.0 Å². The van der Waals surface area contributed by atoms with E-state index in [9.17, 15) is 21.6 Å². The molecule has 36 heavy (non-hydrogen) atoms. The third-order valence-electron chi connectivity index (χ3n) is 5.87. The molecule has 2 aromatic carbocycles. The van der Waals surface area contributed by atoms with Crippen LogP contribution in [-0.4, -0.2) is 52.2 Å². The molecule has 192 valence electrons. The summed E-state index contributed by atoms with van der Waals surface area (Å²) < 4.78 is 60.4. The summed E-state index contributed by atoms with van der Waals surface area (Å²) in [5.74, 6) is 0.0939. The van der Waals surface area contributed by atoms with E-state index in [4.69, 9.17) is 4.74 Å². The van der Waals surface area contributed by atoms with E-state index in [-0.39, 0.29) is 26.2 Å². The number of piperidine rings is 1. The van der Waals surface area contributed by atoms with Crippen molar-refractivity contribution in [1.29, 1.82) is 0 Å². The number of hydrogen-bond acceptors (Lipinski definition) is 8. The zero-order valence-electron chi connectivity index (χ0n) is 19.7. The Morgan fingerprint density at radius 2 is 1.72 bits per heavy atom. The molecule has 2 N–H and O–H groups in total. The van der Waals surface area contributed by atoms with Crippen molar-refractivity contribution in [2.75, 3.05) is 30.2 Å². The van der Waals surface area contributed by atoms with Crippen molar-refractivity contribution in [2.45, 2.75) is 29.6 Å². The third kappa shape index (κ3) is 5.69. The van der Waals surface area contributed by atoms with Gasteiger partial charge in [-0.15, -0.1) is 11.3 Å². The Hall–Kier alpha value is -3.00. The lowest BCUT2D eigenvalue weighted by Crippen LogP contribution is -2.37. The molecule has 0 spiro atoms. The molecule has 0 atom stereocenters. The van der Waals surface area contributed by atoms with Gasteiger partial charge in [-0.05, 0) is 61.2 Å². The minimum absolute atomic E-state index is 0.00257. The number of benzene rings is 2. The lowest BCUT2D eigenvalue weighted by atomic mass is 10.0. The second-order valence-electron chi connectivity index (χ2n) is 8.37. The van der Waals surface area contributed by atoms with Gasteiger partial charge in [0.2, 0.25) is 10.0 Å². The Morgan fingerprint density at radius 3 is 2.33 bits per heavy atom. The smallest absolute Gasteiger partial charge is 0.263 e. The highest BCUT2D eigenvalue weighted by Gasteiger charge is 2.29. The molecule has 1 amide bonds. The Kier molecular flexibility index (Phi) is 7.64. The van der Waals surface area contributed by atoms with Gasteiger partial charge in [-0.3, -0.25) is 9.52 Å². The van der Waals surface area contributed by atoms with Gasteiger partial charge in [-0.1, -0.05) is 6.92 Å². The second-order valence-corrected chi connectivity index (χ2v) is 12.9. The number of hydrogen-bond donors (Lipinski definition) is 2. The Labute approximate surface area is 214 Å². The monoisotopic (exact) mass is 550 g/mol. The molecule has 13 heteroatoms. The predicted octanol–water partition coefficient (Wildman–Crippen LogP) is 3.63. The standard InChI is InChI=1S/C23H26N4O6S3/c1-16-9-12-27(13-10-16)36(31,32)19-7-8-21(33-2)20(15-19)22(28)25-17-3-5-18(6-4-17)35(29,30)26-23-24-11-14-34-23/h3-8,11,14-16H,9-10,12-13H2,1-2H3,(H,24,26)(H,25,28). The molecule has 1 aliphatic rings. The second kappa shape index (κ2) is 10.5. The molecule has 0 aliphatic carbocycles. The number of anilines is 2. The largest absolute Gasteiger partial charge is 0.496 e. The van der Waals surface area contributed by atoms with Crippen molar-refractivity contribution in [3.05, 3.63) is 59.6 Å². The van der Waals surface area contributed by atoms with Gasteiger partial charge in [0, 0.05) is 30.4 Å². The molecular weight excluding hydrogens is 524 g/mol. The number of carbonyl (C=O) groups is 1. The number of carbonyl (C=O) groups excluding carboxylic acids is 1. The first-order chi connectivity index (χ1) is 17.1. The fourth-order valence-corrected chi connectivity index (χ4v) is 7.05. The van der Waals surface area contributed by atoms with E-state index < -0.39 is 26.0 Å². The van der Waals surface area contributed by atoms with Crippen molar-refractivity contribution in [3.63, 3.8) is 0 Å². The van der Waals surface area contributed by atoms with E-state index >= 15 is 0 Å². The first-order valence-electron chi connectivity index (χ1n) is 11.1. The van der Waals surface area contributed by atoms with Crippen LogP contribution in [0.4, 0.5) is 10.8 Å². The molecule has 4 rings (SSSR count). The van der Waals surface area contributed by atoms with Crippen LogP contribution in [0.2, 0.25) is 0 Å². The molecule has 0 radical (unpaired) electrons. The van der Waals surface area contributed by atoms with E-state index in [0.717, 1.165) is 24.2 Å². The van der Waals surface area contributed by atoms with E-state index in [1.165, 1.54) is 60.1 Å². The van der Waals surface area contributed by atoms with E-state index in [0.29, 0.717) is 24.7 Å². The van der Waals surface area contributed by atoms with E-state index in [1.54, 1.807) is 5.38 Å². The molecule has 0 bridgehead atoms. The highest BCUT2D eigenvalue weighted by atomic mass is 32.2. The molecule has 3 aromatic rings.